The van der Waals surface area contributed by atoms with Crippen LogP contribution in [0.1, 0.15) is 11.6 Å². The predicted octanol–water partition coefficient (Wildman–Crippen LogP) is 3.05. The maximum absolute atomic E-state index is 13.3. The number of non-ortho nitro benzene ring substituents is 1. The summed E-state index contributed by atoms with van der Waals surface area (Å²) in [5.41, 5.74) is 3.97. The van der Waals surface area contributed by atoms with Gasteiger partial charge >= 0.3 is 0 Å². The van der Waals surface area contributed by atoms with Crippen LogP contribution in [-0.4, -0.2) is 26.3 Å². The third-order valence-electron chi connectivity index (χ3n) is 5.29. The molecule has 156 valence electrons. The lowest BCUT2D eigenvalue weighted by atomic mass is 10.0. The van der Waals surface area contributed by atoms with Crippen molar-refractivity contribution in [2.24, 2.45) is 5.10 Å². The van der Waals surface area contributed by atoms with Crippen molar-refractivity contribution in [1.82, 2.24) is 15.2 Å². The predicted molar refractivity (Wildman–Crippen MR) is 118 cm³/mol. The normalized spacial score (nSPS) is 15.4. The Morgan fingerprint density at radius 1 is 0.844 bits per heavy atom. The van der Waals surface area contributed by atoms with E-state index in [4.69, 9.17) is 0 Å². The van der Waals surface area contributed by atoms with Gasteiger partial charge in [-0.2, -0.15) is 10.2 Å². The minimum atomic E-state index is -1.11. The van der Waals surface area contributed by atoms with Gasteiger partial charge in [0.15, 0.2) is 6.04 Å². The molecule has 5 rings (SSSR count). The number of nitro groups is 1. The molecule has 1 aliphatic rings. The van der Waals surface area contributed by atoms with Crippen LogP contribution in [0.2, 0.25) is 0 Å². The molecule has 3 aromatic carbocycles. The van der Waals surface area contributed by atoms with E-state index in [1.54, 1.807) is 12.1 Å². The van der Waals surface area contributed by atoms with Gasteiger partial charge in [-0.25, -0.2) is 10.1 Å². The lowest BCUT2D eigenvalue weighted by Gasteiger charge is -2.16. The first kappa shape index (κ1) is 19.3. The van der Waals surface area contributed by atoms with E-state index < -0.39 is 22.4 Å². The molecule has 1 aromatic heterocycles. The number of carbonyl (C=O) groups is 1. The molecule has 9 heteroatoms. The van der Waals surface area contributed by atoms with Gasteiger partial charge < -0.3 is 0 Å². The molecule has 0 saturated heterocycles. The number of nitrogens with one attached hydrogen (secondary N) is 1. The number of hydrogen-bond acceptors (Lipinski definition) is 6. The lowest BCUT2D eigenvalue weighted by Crippen LogP contribution is -2.37. The van der Waals surface area contributed by atoms with E-state index in [1.807, 2.05) is 42.5 Å². The van der Waals surface area contributed by atoms with Crippen molar-refractivity contribution in [3.8, 4) is 11.3 Å². The van der Waals surface area contributed by atoms with Gasteiger partial charge in [-0.1, -0.05) is 48.5 Å². The second-order valence-electron chi connectivity index (χ2n) is 7.19. The number of amides is 1. The number of nitro benzene ring substituents is 1. The molecule has 4 aromatic rings. The van der Waals surface area contributed by atoms with Crippen LogP contribution in [0.25, 0.3) is 22.0 Å². The van der Waals surface area contributed by atoms with Crippen molar-refractivity contribution in [3.05, 3.63) is 105 Å². The highest BCUT2D eigenvalue weighted by atomic mass is 16.6. The van der Waals surface area contributed by atoms with Gasteiger partial charge in [0, 0.05) is 28.6 Å². The topological polar surface area (TPSA) is 119 Å². The molecule has 32 heavy (non-hydrogen) atoms. The molecule has 0 bridgehead atoms. The van der Waals surface area contributed by atoms with Gasteiger partial charge in [0.25, 0.3) is 17.2 Å². The fraction of sp³-hybridized carbons (Fsp3) is 0.0435. The molecule has 0 fully saturated rings. The number of hydrazone groups is 1. The molecule has 0 radical (unpaired) electrons. The Morgan fingerprint density at radius 2 is 1.50 bits per heavy atom. The first-order valence-electron chi connectivity index (χ1n) is 9.74. The van der Waals surface area contributed by atoms with Crippen molar-refractivity contribution in [2.45, 2.75) is 6.04 Å². The van der Waals surface area contributed by atoms with E-state index in [9.17, 15) is 19.7 Å². The Labute approximate surface area is 180 Å². The fourth-order valence-corrected chi connectivity index (χ4v) is 3.76. The first-order chi connectivity index (χ1) is 15.5. The van der Waals surface area contributed by atoms with Crippen molar-refractivity contribution in [1.29, 1.82) is 0 Å². The summed E-state index contributed by atoms with van der Waals surface area (Å²) in [5.74, 6) is -0.512. The Morgan fingerprint density at radius 3 is 2.19 bits per heavy atom. The van der Waals surface area contributed by atoms with Gasteiger partial charge in [-0.3, -0.25) is 19.7 Å². The molecule has 1 aliphatic heterocycles. The molecular weight excluding hydrogens is 410 g/mol. The SMILES string of the molecule is O=C1NN=C(c2ccc([N+](=O)[O-])cc2)[C@@H]1n1nc(-c2ccccc2)c2ccccc2c1=O. The summed E-state index contributed by atoms with van der Waals surface area (Å²) in [7, 11) is 0. The van der Waals surface area contributed by atoms with Gasteiger partial charge in [0.2, 0.25) is 0 Å². The smallest absolute Gasteiger partial charge is 0.270 e. The van der Waals surface area contributed by atoms with Crippen LogP contribution >= 0.6 is 0 Å². The standard InChI is InChI=1S/C23H15N5O4/c29-22-21(20(24-25-22)15-10-12-16(13-11-15)28(31)32)27-23(30)18-9-5-4-8-17(18)19(26-27)14-6-2-1-3-7-14/h1-13,21H,(H,25,29)/t21-/m0/s1. The van der Waals surface area contributed by atoms with E-state index in [-0.39, 0.29) is 11.4 Å². The quantitative estimate of drug-likeness (QED) is 0.398. The Balaban J connectivity index is 1.70. The van der Waals surface area contributed by atoms with Gasteiger partial charge in [0.1, 0.15) is 5.71 Å². The number of hydrogen-bond donors (Lipinski definition) is 1. The molecule has 0 spiro atoms. The third-order valence-corrected chi connectivity index (χ3v) is 5.29. The zero-order valence-electron chi connectivity index (χ0n) is 16.5. The molecule has 1 amide bonds. The summed E-state index contributed by atoms with van der Waals surface area (Å²) < 4.78 is 1.13. The summed E-state index contributed by atoms with van der Waals surface area (Å²) in [6, 6.07) is 21.0. The highest BCUT2D eigenvalue weighted by molar-refractivity contribution is 6.18. The van der Waals surface area contributed by atoms with E-state index in [2.05, 4.69) is 15.6 Å². The van der Waals surface area contributed by atoms with E-state index in [1.165, 1.54) is 24.3 Å². The van der Waals surface area contributed by atoms with E-state index in [0.29, 0.717) is 22.0 Å². The summed E-state index contributed by atoms with van der Waals surface area (Å²) in [6.45, 7) is 0. The van der Waals surface area contributed by atoms with Crippen molar-refractivity contribution in [2.75, 3.05) is 0 Å². The minimum absolute atomic E-state index is 0.0875. The Hall–Kier alpha value is -4.66. The molecule has 9 nitrogen and oxygen atoms in total. The highest BCUT2D eigenvalue weighted by Gasteiger charge is 2.35. The van der Waals surface area contributed by atoms with Crippen LogP contribution < -0.4 is 11.0 Å². The number of carbonyl (C=O) groups excluding carboxylic acids is 1. The molecule has 0 aliphatic carbocycles. The number of nitrogens with zero attached hydrogens (tertiary/aromatic N) is 4. The van der Waals surface area contributed by atoms with E-state index >= 15 is 0 Å². The minimum Gasteiger partial charge on any atom is -0.270 e. The Kier molecular flexibility index (Phi) is 4.55. The second kappa shape index (κ2) is 7.55. The van der Waals surface area contributed by atoms with Gasteiger partial charge in [-0.05, 0) is 18.2 Å². The monoisotopic (exact) mass is 425 g/mol. The van der Waals surface area contributed by atoms with Crippen LogP contribution in [0, 0.1) is 10.1 Å². The summed E-state index contributed by atoms with van der Waals surface area (Å²) in [5, 5.41) is 20.7. The highest BCUT2D eigenvalue weighted by Crippen LogP contribution is 2.27. The van der Waals surface area contributed by atoms with Crippen LogP contribution in [0.15, 0.2) is 88.8 Å². The second-order valence-corrected chi connectivity index (χ2v) is 7.19. The molecule has 2 heterocycles. The van der Waals surface area contributed by atoms with Gasteiger partial charge in [-0.15, -0.1) is 0 Å². The average Bonchev–Trinajstić information content (AvgIpc) is 3.21. The molecule has 0 saturated carbocycles. The zero-order valence-corrected chi connectivity index (χ0v) is 16.5. The molecular formula is C23H15N5O4. The summed E-state index contributed by atoms with van der Waals surface area (Å²) in [4.78, 5) is 36.5. The lowest BCUT2D eigenvalue weighted by molar-refractivity contribution is -0.384. The maximum atomic E-state index is 13.3. The Bertz CT molecular complexity index is 1460. The largest absolute Gasteiger partial charge is 0.275 e. The number of benzene rings is 3. The first-order valence-corrected chi connectivity index (χ1v) is 9.74. The molecule has 1 atom stereocenters. The van der Waals surface area contributed by atoms with Crippen LogP contribution in [0.4, 0.5) is 5.69 Å². The average molecular weight is 425 g/mol. The third kappa shape index (κ3) is 3.12. The molecule has 1 N–H and O–H groups in total. The zero-order chi connectivity index (χ0) is 22.2. The fourth-order valence-electron chi connectivity index (χ4n) is 3.76. The van der Waals surface area contributed by atoms with Crippen LogP contribution in [-0.2, 0) is 4.79 Å². The van der Waals surface area contributed by atoms with Crippen molar-refractivity contribution in [3.63, 3.8) is 0 Å². The van der Waals surface area contributed by atoms with Crippen molar-refractivity contribution < 1.29 is 9.72 Å². The summed E-state index contributed by atoms with van der Waals surface area (Å²) >= 11 is 0. The number of rotatable bonds is 4. The number of aromatic nitrogens is 2. The number of fused-ring (bicyclic) bond motifs is 1. The maximum Gasteiger partial charge on any atom is 0.275 e. The van der Waals surface area contributed by atoms with Crippen molar-refractivity contribution >= 4 is 28.1 Å². The van der Waals surface area contributed by atoms with Crippen LogP contribution in [0.3, 0.4) is 0 Å². The van der Waals surface area contributed by atoms with Crippen LogP contribution in [0.5, 0.6) is 0 Å². The van der Waals surface area contributed by atoms with E-state index in [0.717, 1.165) is 10.2 Å². The summed E-state index contributed by atoms with van der Waals surface area (Å²) in [6.07, 6.45) is 0. The molecule has 0 unspecified atom stereocenters. The van der Waals surface area contributed by atoms with Gasteiger partial charge in [0.05, 0.1) is 16.0 Å².